The maximum Gasteiger partial charge on any atom is 4.00 e. The van der Waals surface area contributed by atoms with Crippen LogP contribution in [0, 0.1) is 0 Å². The number of carbonyl (C=O) groups excluding carboxylic acids is 1. The molecule has 0 spiro atoms. The van der Waals surface area contributed by atoms with E-state index in [1.165, 1.54) is 6.92 Å². The first-order valence-corrected chi connectivity index (χ1v) is 1.47. The van der Waals surface area contributed by atoms with Crippen LogP contribution >= 0.6 is 0 Å². The van der Waals surface area contributed by atoms with Crippen molar-refractivity contribution in [3.8, 4) is 0 Å². The van der Waals surface area contributed by atoms with E-state index in [1.54, 1.807) is 0 Å². The van der Waals surface area contributed by atoms with Crippen molar-refractivity contribution in [1.82, 2.24) is 0 Å². The van der Waals surface area contributed by atoms with E-state index in [9.17, 15) is 9.90 Å². The average Bonchev–Trinajstić information content (AvgIpc) is 1.38. The van der Waals surface area contributed by atoms with Gasteiger partial charge in [0.05, 0.1) is 0 Å². The van der Waals surface area contributed by atoms with Crippen molar-refractivity contribution in [3.05, 3.63) is 0 Å². The number of hydrogen-bond acceptors (Lipinski definition) is 2. The molecule has 0 rings (SSSR count). The number of carboxylic acids is 1. The van der Waals surface area contributed by atoms with Crippen LogP contribution in [0.2, 0.25) is 0 Å². The van der Waals surface area contributed by atoms with Gasteiger partial charge in [0, 0.05) is 5.97 Å². The van der Waals surface area contributed by atoms with Gasteiger partial charge in [-0.2, -0.15) is 0 Å². The van der Waals surface area contributed by atoms with E-state index in [-0.39, 0.29) is 65.4 Å². The Bertz CT molecular complexity index is 52.3. The van der Waals surface area contributed by atoms with E-state index in [0.717, 1.165) is 0 Å². The van der Waals surface area contributed by atoms with Crippen LogP contribution in [0.15, 0.2) is 0 Å². The molecule has 0 aromatic rings. The molecule has 6 heteroatoms. The maximum absolute atomic E-state index is 9.26. The minimum Gasteiger partial charge on any atom is -1.00 e. The van der Waals surface area contributed by atoms with Crippen molar-refractivity contribution in [2.45, 2.75) is 13.3 Å². The molecule has 0 aromatic carbocycles. The molecule has 0 N–H and O–H groups in total. The van der Waals surface area contributed by atoms with Gasteiger partial charge in [-0.25, -0.2) is 0 Å². The first-order valence-electron chi connectivity index (χ1n) is 1.47. The summed E-state index contributed by atoms with van der Waals surface area (Å²) in [5.41, 5.74) is 0. The minimum atomic E-state index is -0.995. The van der Waals surface area contributed by atoms with E-state index in [1.807, 2.05) is 0 Å². The molecule has 0 saturated carbocycles. The van der Waals surface area contributed by atoms with Gasteiger partial charge < -0.3 is 47.1 Å². The quantitative estimate of drug-likeness (QED) is 0.417. The van der Waals surface area contributed by atoms with E-state index in [4.69, 9.17) is 0 Å². The summed E-state index contributed by atoms with van der Waals surface area (Å²) in [7, 11) is 0. The largest absolute Gasteiger partial charge is 4.00 e. The summed E-state index contributed by atoms with van der Waals surface area (Å²) >= 11 is 0. The SMILES string of the molecule is CCC(=O)[O-].[Cl-].[Cl-].[Cl-].[Ti+4]. The van der Waals surface area contributed by atoms with Gasteiger partial charge in [-0.3, -0.25) is 0 Å². The topological polar surface area (TPSA) is 40.1 Å². The molecular formula is C3H5Cl3O2Ti. The Hall–Kier alpha value is 1.05. The average molecular weight is 227 g/mol. The van der Waals surface area contributed by atoms with Crippen LogP contribution in [0.3, 0.4) is 0 Å². The minimum absolute atomic E-state index is 0. The summed E-state index contributed by atoms with van der Waals surface area (Å²) in [6, 6.07) is 0. The fourth-order valence-corrected chi connectivity index (χ4v) is 0. The smallest absolute Gasteiger partial charge is 1.00 e. The van der Waals surface area contributed by atoms with Crippen molar-refractivity contribution >= 4 is 5.97 Å². The summed E-state index contributed by atoms with van der Waals surface area (Å²) < 4.78 is 0. The summed E-state index contributed by atoms with van der Waals surface area (Å²) in [6.45, 7) is 1.54. The third-order valence-corrected chi connectivity index (χ3v) is 0.289. The molecule has 0 aliphatic carbocycles. The van der Waals surface area contributed by atoms with Crippen LogP contribution in [-0.4, -0.2) is 5.97 Å². The van der Waals surface area contributed by atoms with Gasteiger partial charge in [0.25, 0.3) is 0 Å². The first kappa shape index (κ1) is 32.3. The monoisotopic (exact) mass is 226 g/mol. The molecule has 54 valence electrons. The molecule has 9 heavy (non-hydrogen) atoms. The van der Waals surface area contributed by atoms with Gasteiger partial charge >= 0.3 is 21.7 Å². The number of carboxylic acid groups (broad SMARTS) is 1. The molecule has 0 aromatic heterocycles. The van der Waals surface area contributed by atoms with Crippen LogP contribution < -0.4 is 42.3 Å². The summed E-state index contributed by atoms with van der Waals surface area (Å²) in [6.07, 6.45) is 0.111. The molecule has 0 bridgehead atoms. The Morgan fingerprint density at radius 2 is 1.44 bits per heavy atom. The molecule has 0 amide bonds. The third kappa shape index (κ3) is 48.3. The van der Waals surface area contributed by atoms with Crippen LogP contribution in [0.4, 0.5) is 0 Å². The Kier molecular flexibility index (Phi) is 82.4. The zero-order valence-corrected chi connectivity index (χ0v) is 8.49. The van der Waals surface area contributed by atoms with Crippen molar-refractivity contribution in [3.63, 3.8) is 0 Å². The van der Waals surface area contributed by atoms with E-state index in [2.05, 4.69) is 0 Å². The van der Waals surface area contributed by atoms with Crippen molar-refractivity contribution < 1.29 is 68.8 Å². The van der Waals surface area contributed by atoms with E-state index < -0.39 is 5.97 Å². The summed E-state index contributed by atoms with van der Waals surface area (Å²) in [4.78, 5) is 9.26. The zero-order valence-electron chi connectivity index (χ0n) is 4.66. The number of rotatable bonds is 1. The van der Waals surface area contributed by atoms with Crippen molar-refractivity contribution in [2.24, 2.45) is 0 Å². The summed E-state index contributed by atoms with van der Waals surface area (Å²) in [5.74, 6) is -0.995. The molecule has 0 radical (unpaired) electrons. The van der Waals surface area contributed by atoms with Crippen LogP contribution in [-0.2, 0) is 26.5 Å². The molecule has 0 heterocycles. The Labute approximate surface area is 87.9 Å². The van der Waals surface area contributed by atoms with E-state index >= 15 is 0 Å². The second-order valence-corrected chi connectivity index (χ2v) is 0.726. The second-order valence-electron chi connectivity index (χ2n) is 0.726. The molecule has 2 nitrogen and oxygen atoms in total. The van der Waals surface area contributed by atoms with Crippen molar-refractivity contribution in [1.29, 1.82) is 0 Å². The van der Waals surface area contributed by atoms with Gasteiger partial charge in [-0.05, 0) is 6.42 Å². The zero-order chi connectivity index (χ0) is 4.28. The number of aliphatic carboxylic acids is 1. The molecule has 0 saturated heterocycles. The van der Waals surface area contributed by atoms with Crippen LogP contribution in [0.1, 0.15) is 13.3 Å². The molecule has 0 unspecified atom stereocenters. The standard InChI is InChI=1S/C3H6O2.3ClH.Ti/c1-2-3(4)5;;;;/h2H2,1H3,(H,4,5);3*1H;/q;;;;+4/p-4. The predicted molar refractivity (Wildman–Crippen MR) is 15.3 cm³/mol. The van der Waals surface area contributed by atoms with Gasteiger partial charge in [-0.1, -0.05) is 6.92 Å². The van der Waals surface area contributed by atoms with Gasteiger partial charge in [0.2, 0.25) is 0 Å². The van der Waals surface area contributed by atoms with Crippen LogP contribution in [0.5, 0.6) is 0 Å². The molecule has 0 aliphatic rings. The number of carbonyl (C=O) groups is 1. The van der Waals surface area contributed by atoms with Crippen molar-refractivity contribution in [2.75, 3.05) is 0 Å². The maximum atomic E-state index is 9.26. The number of halogens is 3. The Morgan fingerprint density at radius 1 is 1.33 bits per heavy atom. The van der Waals surface area contributed by atoms with Gasteiger partial charge in [-0.15, -0.1) is 0 Å². The Morgan fingerprint density at radius 3 is 1.44 bits per heavy atom. The van der Waals surface area contributed by atoms with Crippen LogP contribution in [0.25, 0.3) is 0 Å². The summed E-state index contributed by atoms with van der Waals surface area (Å²) in [5, 5.41) is 9.26. The van der Waals surface area contributed by atoms with Gasteiger partial charge in [0.15, 0.2) is 0 Å². The third-order valence-electron chi connectivity index (χ3n) is 0.289. The fourth-order valence-electron chi connectivity index (χ4n) is 0. The van der Waals surface area contributed by atoms with Gasteiger partial charge in [0.1, 0.15) is 0 Å². The number of hydrogen-bond donors (Lipinski definition) is 0. The predicted octanol–water partition coefficient (Wildman–Crippen LogP) is -9.84. The molecule has 0 fully saturated rings. The first-order chi connectivity index (χ1) is 2.27. The van der Waals surface area contributed by atoms with E-state index in [0.29, 0.717) is 0 Å². The molecule has 0 atom stereocenters. The fraction of sp³-hybridized carbons (Fsp3) is 0.667. The molecular weight excluding hydrogens is 222 g/mol. The normalized spacial score (nSPS) is 4.11. The second kappa shape index (κ2) is 23.0. The molecule has 0 aliphatic heterocycles. The Balaban J connectivity index is -0.0000000133.